The Morgan fingerprint density at radius 2 is 2.24 bits per heavy atom. The highest BCUT2D eigenvalue weighted by molar-refractivity contribution is 5.58. The van der Waals surface area contributed by atoms with Gasteiger partial charge in [-0.05, 0) is 48.8 Å². The molecule has 0 bridgehead atoms. The van der Waals surface area contributed by atoms with Crippen LogP contribution < -0.4 is 0 Å². The summed E-state index contributed by atoms with van der Waals surface area (Å²) in [6, 6.07) is 2.05. The molecule has 0 saturated heterocycles. The van der Waals surface area contributed by atoms with Crippen LogP contribution in [0.1, 0.15) is 44.4 Å². The van der Waals surface area contributed by atoms with E-state index in [1.54, 1.807) is 6.26 Å². The maximum atomic E-state index is 10.0. The first-order valence-electron chi connectivity index (χ1n) is 6.47. The van der Waals surface area contributed by atoms with Gasteiger partial charge in [0.1, 0.15) is 5.76 Å². The lowest BCUT2D eigenvalue weighted by molar-refractivity contribution is 0.00952. The van der Waals surface area contributed by atoms with Crippen molar-refractivity contribution in [3.05, 3.63) is 29.2 Å². The minimum atomic E-state index is -0.0673. The standard InChI is InChI=1S/C15H20O2/c1-14(2)6-3-4-12-8-13-11(5-7-17-13)9-15(12,14)10-16/h5,7-8,16H,3-4,6,9-10H2,1-2H3. The summed E-state index contributed by atoms with van der Waals surface area (Å²) >= 11 is 0. The average Bonchev–Trinajstić information content (AvgIpc) is 2.73. The molecule has 2 aliphatic rings. The van der Waals surface area contributed by atoms with Gasteiger partial charge in [-0.15, -0.1) is 0 Å². The largest absolute Gasteiger partial charge is 0.465 e. The van der Waals surface area contributed by atoms with Crippen molar-refractivity contribution in [3.63, 3.8) is 0 Å². The van der Waals surface area contributed by atoms with Crippen LogP contribution in [-0.2, 0) is 6.42 Å². The second kappa shape index (κ2) is 3.49. The van der Waals surface area contributed by atoms with Gasteiger partial charge in [0.05, 0.1) is 12.9 Å². The van der Waals surface area contributed by atoms with Crippen molar-refractivity contribution in [2.24, 2.45) is 10.8 Å². The third-order valence-electron chi connectivity index (χ3n) is 5.01. The second-order valence-corrected chi connectivity index (χ2v) is 6.13. The molecule has 1 fully saturated rings. The van der Waals surface area contributed by atoms with Crippen molar-refractivity contribution < 1.29 is 9.52 Å². The van der Waals surface area contributed by atoms with Gasteiger partial charge < -0.3 is 9.52 Å². The average molecular weight is 232 g/mol. The van der Waals surface area contributed by atoms with E-state index in [2.05, 4.69) is 19.9 Å². The molecular formula is C15H20O2. The molecule has 1 saturated carbocycles. The summed E-state index contributed by atoms with van der Waals surface area (Å²) in [7, 11) is 0. The fourth-order valence-electron chi connectivity index (χ4n) is 3.67. The smallest absolute Gasteiger partial charge is 0.129 e. The predicted molar refractivity (Wildman–Crippen MR) is 67.5 cm³/mol. The Morgan fingerprint density at radius 1 is 1.41 bits per heavy atom. The highest BCUT2D eigenvalue weighted by Gasteiger charge is 2.50. The lowest BCUT2D eigenvalue weighted by Gasteiger charge is -2.52. The maximum absolute atomic E-state index is 10.0. The van der Waals surface area contributed by atoms with Gasteiger partial charge in [-0.3, -0.25) is 0 Å². The monoisotopic (exact) mass is 232 g/mol. The van der Waals surface area contributed by atoms with Gasteiger partial charge >= 0.3 is 0 Å². The molecule has 1 aromatic rings. The molecule has 1 heterocycles. The van der Waals surface area contributed by atoms with E-state index in [4.69, 9.17) is 4.42 Å². The Balaban J connectivity index is 2.15. The lowest BCUT2D eigenvalue weighted by Crippen LogP contribution is -2.48. The number of hydrogen-bond acceptors (Lipinski definition) is 2. The number of hydrogen-bond donors (Lipinski definition) is 1. The highest BCUT2D eigenvalue weighted by atomic mass is 16.3. The number of aliphatic hydroxyl groups is 1. The van der Waals surface area contributed by atoms with Gasteiger partial charge in [0.2, 0.25) is 0 Å². The minimum Gasteiger partial charge on any atom is -0.465 e. The molecule has 2 heteroatoms. The Morgan fingerprint density at radius 3 is 3.00 bits per heavy atom. The van der Waals surface area contributed by atoms with Crippen LogP contribution in [0.3, 0.4) is 0 Å². The molecule has 1 N–H and O–H groups in total. The highest BCUT2D eigenvalue weighted by Crippen LogP contribution is 2.57. The first-order chi connectivity index (χ1) is 8.09. The fourth-order valence-corrected chi connectivity index (χ4v) is 3.67. The molecule has 2 nitrogen and oxygen atoms in total. The van der Waals surface area contributed by atoms with Crippen LogP contribution in [0.4, 0.5) is 0 Å². The van der Waals surface area contributed by atoms with Crippen molar-refractivity contribution >= 4 is 6.08 Å². The second-order valence-electron chi connectivity index (χ2n) is 6.13. The van der Waals surface area contributed by atoms with E-state index in [1.807, 2.05) is 6.07 Å². The van der Waals surface area contributed by atoms with Crippen LogP contribution in [0.2, 0.25) is 0 Å². The summed E-state index contributed by atoms with van der Waals surface area (Å²) in [5.41, 5.74) is 2.74. The van der Waals surface area contributed by atoms with E-state index in [1.165, 1.54) is 24.0 Å². The zero-order valence-electron chi connectivity index (χ0n) is 10.6. The van der Waals surface area contributed by atoms with Gasteiger partial charge in [0, 0.05) is 5.41 Å². The van der Waals surface area contributed by atoms with Crippen LogP contribution in [0.5, 0.6) is 0 Å². The molecule has 1 atom stereocenters. The molecule has 0 amide bonds. The van der Waals surface area contributed by atoms with E-state index < -0.39 is 0 Å². The zero-order valence-corrected chi connectivity index (χ0v) is 10.6. The SMILES string of the molecule is CC1(C)CCCC2=Cc3occc3CC21CO. The summed E-state index contributed by atoms with van der Waals surface area (Å²) in [6.07, 6.45) is 8.38. The summed E-state index contributed by atoms with van der Waals surface area (Å²) < 4.78 is 5.50. The van der Waals surface area contributed by atoms with Crippen LogP contribution in [0, 0.1) is 10.8 Å². The summed E-state index contributed by atoms with van der Waals surface area (Å²) in [5.74, 6) is 1.00. The molecule has 0 aliphatic heterocycles. The van der Waals surface area contributed by atoms with Crippen molar-refractivity contribution in [2.75, 3.05) is 6.61 Å². The van der Waals surface area contributed by atoms with Gasteiger partial charge in [-0.2, -0.15) is 0 Å². The maximum Gasteiger partial charge on any atom is 0.129 e. The fraction of sp³-hybridized carbons (Fsp3) is 0.600. The quantitative estimate of drug-likeness (QED) is 0.805. The molecule has 0 aromatic carbocycles. The number of fused-ring (bicyclic) bond motifs is 2. The molecule has 0 spiro atoms. The normalized spacial score (nSPS) is 30.4. The Bertz CT molecular complexity index is 467. The topological polar surface area (TPSA) is 33.4 Å². The van der Waals surface area contributed by atoms with Crippen molar-refractivity contribution in [1.29, 1.82) is 0 Å². The van der Waals surface area contributed by atoms with Crippen molar-refractivity contribution in [3.8, 4) is 0 Å². The van der Waals surface area contributed by atoms with Crippen LogP contribution >= 0.6 is 0 Å². The number of aliphatic hydroxyl groups excluding tert-OH is 1. The third-order valence-corrected chi connectivity index (χ3v) is 5.01. The molecule has 2 aliphatic carbocycles. The lowest BCUT2D eigenvalue weighted by atomic mass is 9.52. The van der Waals surface area contributed by atoms with Gasteiger partial charge in [-0.1, -0.05) is 19.4 Å². The minimum absolute atomic E-state index is 0.0673. The summed E-state index contributed by atoms with van der Waals surface area (Å²) in [6.45, 7) is 4.83. The summed E-state index contributed by atoms with van der Waals surface area (Å²) in [5, 5.41) is 10.0. The van der Waals surface area contributed by atoms with E-state index in [-0.39, 0.29) is 17.4 Å². The van der Waals surface area contributed by atoms with E-state index >= 15 is 0 Å². The van der Waals surface area contributed by atoms with Crippen molar-refractivity contribution in [1.82, 2.24) is 0 Å². The molecule has 1 aromatic heterocycles. The van der Waals surface area contributed by atoms with Gasteiger partial charge in [0.15, 0.2) is 0 Å². The van der Waals surface area contributed by atoms with Crippen LogP contribution in [-0.4, -0.2) is 11.7 Å². The van der Waals surface area contributed by atoms with Crippen LogP contribution in [0.25, 0.3) is 6.08 Å². The van der Waals surface area contributed by atoms with Gasteiger partial charge in [0.25, 0.3) is 0 Å². The Hall–Kier alpha value is -1.02. The molecule has 17 heavy (non-hydrogen) atoms. The third kappa shape index (κ3) is 1.37. The van der Waals surface area contributed by atoms with E-state index in [0.717, 1.165) is 18.6 Å². The van der Waals surface area contributed by atoms with Gasteiger partial charge in [-0.25, -0.2) is 0 Å². The molecule has 3 rings (SSSR count). The molecule has 1 unspecified atom stereocenters. The van der Waals surface area contributed by atoms with E-state index in [9.17, 15) is 5.11 Å². The van der Waals surface area contributed by atoms with E-state index in [0.29, 0.717) is 0 Å². The first kappa shape index (κ1) is 11.1. The Labute approximate surface area is 102 Å². The number of furan rings is 1. The Kier molecular flexibility index (Phi) is 2.27. The molecule has 0 radical (unpaired) electrons. The van der Waals surface area contributed by atoms with Crippen LogP contribution in [0.15, 0.2) is 22.3 Å². The summed E-state index contributed by atoms with van der Waals surface area (Å²) in [4.78, 5) is 0. The first-order valence-corrected chi connectivity index (χ1v) is 6.47. The molecule has 92 valence electrons. The predicted octanol–water partition coefficient (Wildman–Crippen LogP) is 3.41. The number of rotatable bonds is 1. The van der Waals surface area contributed by atoms with Crippen molar-refractivity contribution in [2.45, 2.75) is 39.5 Å². The zero-order chi connectivity index (χ0) is 12.1. The molecular weight excluding hydrogens is 212 g/mol.